The maximum atomic E-state index is 2.67. The molecule has 0 nitrogen and oxygen atoms in total. The molecule has 0 atom stereocenters. The molecule has 0 unspecified atom stereocenters. The Hall–Kier alpha value is 0.103. The van der Waals surface area contributed by atoms with Crippen LogP contribution in [-0.2, 0) is 18.3 Å². The molecule has 0 saturated carbocycles. The van der Waals surface area contributed by atoms with Crippen LogP contribution in [0.4, 0.5) is 0 Å². The van der Waals surface area contributed by atoms with Gasteiger partial charge in [-0.05, 0) is 0 Å². The quantitative estimate of drug-likeness (QED) is 0.518. The van der Waals surface area contributed by atoms with Gasteiger partial charge in [-0.3, -0.25) is 0 Å². The van der Waals surface area contributed by atoms with E-state index in [0.29, 0.717) is 0 Å². The van der Waals surface area contributed by atoms with E-state index < -0.39 is 0 Å². The Morgan fingerprint density at radius 1 is 1.50 bits per heavy atom. The van der Waals surface area contributed by atoms with Gasteiger partial charge in [0.25, 0.3) is 0 Å². The normalized spacial score (nSPS) is 19.6. The first kappa shape index (κ1) is 6.23. The average molecular weight is 194 g/mol. The summed E-state index contributed by atoms with van der Waals surface area (Å²) < 4.78 is 1.46. The monoisotopic (exact) mass is 195 g/mol. The second-order valence-electron chi connectivity index (χ2n) is 2.11. The van der Waals surface area contributed by atoms with Gasteiger partial charge in [-0.1, -0.05) is 0 Å². The van der Waals surface area contributed by atoms with E-state index in [4.69, 9.17) is 0 Å². The van der Waals surface area contributed by atoms with Gasteiger partial charge in [0.2, 0.25) is 0 Å². The van der Waals surface area contributed by atoms with Crippen LogP contribution in [0.15, 0.2) is 21.4 Å². The van der Waals surface area contributed by atoms with Gasteiger partial charge < -0.3 is 0 Å². The van der Waals surface area contributed by atoms with E-state index in [-0.39, 0.29) is 0 Å². The molecule has 0 spiro atoms. The zero-order valence-corrected chi connectivity index (χ0v) is 6.88. The summed E-state index contributed by atoms with van der Waals surface area (Å²) in [6.07, 6.45) is 3.41. The first-order valence-electron chi connectivity index (χ1n) is 2.73. The van der Waals surface area contributed by atoms with E-state index in [0.717, 1.165) is 6.42 Å². The van der Waals surface area contributed by atoms with E-state index in [1.807, 2.05) is 0 Å². The van der Waals surface area contributed by atoms with E-state index in [2.05, 4.69) is 38.2 Å². The van der Waals surface area contributed by atoms with Crippen molar-refractivity contribution in [1.82, 2.24) is 0 Å². The fourth-order valence-electron chi connectivity index (χ4n) is 0.756. The summed E-state index contributed by atoms with van der Waals surface area (Å²) in [5.74, 6) is 0. The van der Waals surface area contributed by atoms with Gasteiger partial charge in [0, 0.05) is 0 Å². The van der Waals surface area contributed by atoms with Crippen molar-refractivity contribution in [1.29, 1.82) is 0 Å². The third kappa shape index (κ3) is 0.926. The second-order valence-corrected chi connectivity index (χ2v) is 3.16. The fraction of sp³-hybridized carbons (Fsp3) is 0.429. The van der Waals surface area contributed by atoms with Crippen molar-refractivity contribution in [2.24, 2.45) is 0 Å². The topological polar surface area (TPSA) is 0 Å². The molecular weight excluding hydrogens is 185 g/mol. The molecule has 1 aliphatic carbocycles. The molecule has 1 rings (SSSR count). The van der Waals surface area contributed by atoms with Gasteiger partial charge in [-0.25, -0.2) is 0 Å². The summed E-state index contributed by atoms with van der Waals surface area (Å²) >= 11 is 2.67. The molecule has 0 fully saturated rings. The van der Waals surface area contributed by atoms with Crippen LogP contribution in [0.1, 0.15) is 20.3 Å². The van der Waals surface area contributed by atoms with Crippen LogP contribution in [-0.4, -0.2) is 0 Å². The van der Waals surface area contributed by atoms with Gasteiger partial charge in [0.15, 0.2) is 0 Å². The summed E-state index contributed by atoms with van der Waals surface area (Å²) in [4.78, 5) is 0. The van der Waals surface area contributed by atoms with Gasteiger partial charge >= 0.3 is 60.0 Å². The molecule has 8 heavy (non-hydrogen) atoms. The van der Waals surface area contributed by atoms with Crippen LogP contribution < -0.4 is 0 Å². The first-order chi connectivity index (χ1) is 3.72. The molecule has 45 valence electrons. The van der Waals surface area contributed by atoms with Gasteiger partial charge in [0.1, 0.15) is 0 Å². The molecule has 0 amide bonds. The number of hydrogen-bond acceptors (Lipinski definition) is 0. The maximum absolute atomic E-state index is 2.67. The molecule has 1 heteroatoms. The Labute approximate surface area is 60.3 Å². The summed E-state index contributed by atoms with van der Waals surface area (Å²) in [6, 6.07) is 0. The van der Waals surface area contributed by atoms with Crippen molar-refractivity contribution < 1.29 is 18.3 Å². The van der Waals surface area contributed by atoms with Crippen LogP contribution in [0.2, 0.25) is 0 Å². The molecule has 0 N–H and O–H groups in total. The molecule has 0 aromatic heterocycles. The number of hydrogen-bond donors (Lipinski definition) is 0. The number of allylic oxidation sites excluding steroid dienone is 4. The summed E-state index contributed by atoms with van der Waals surface area (Å²) in [5, 5.41) is 0. The zero-order chi connectivity index (χ0) is 6.15. The molecule has 0 saturated heterocycles. The minimum atomic E-state index is 1.15. The molecular formula is C7H9Ru. The minimum absolute atomic E-state index is 1.15. The van der Waals surface area contributed by atoms with Gasteiger partial charge in [0.05, 0.1) is 0 Å². The van der Waals surface area contributed by atoms with Crippen molar-refractivity contribution in [3.63, 3.8) is 0 Å². The molecule has 0 heterocycles. The van der Waals surface area contributed by atoms with Crippen molar-refractivity contribution in [3.05, 3.63) is 21.4 Å². The third-order valence-corrected chi connectivity index (χ3v) is 2.58. The summed E-state index contributed by atoms with van der Waals surface area (Å²) in [6.45, 7) is 4.33. The Morgan fingerprint density at radius 2 is 2.12 bits per heavy atom. The van der Waals surface area contributed by atoms with Gasteiger partial charge in [-0.2, -0.15) is 0 Å². The average Bonchev–Trinajstić information content (AvgIpc) is 1.98. The van der Waals surface area contributed by atoms with E-state index in [9.17, 15) is 0 Å². The van der Waals surface area contributed by atoms with Gasteiger partial charge in [-0.15, -0.1) is 0 Å². The Morgan fingerprint density at radius 3 is 2.25 bits per heavy atom. The SMILES string of the molecule is CC1=CC[C]([Ru])=C1C. The molecule has 0 bridgehead atoms. The van der Waals surface area contributed by atoms with Crippen molar-refractivity contribution >= 4 is 0 Å². The van der Waals surface area contributed by atoms with Crippen LogP contribution in [0.5, 0.6) is 0 Å². The second kappa shape index (κ2) is 2.15. The fourth-order valence-corrected chi connectivity index (χ4v) is 1.28. The summed E-state index contributed by atoms with van der Waals surface area (Å²) in [7, 11) is 0. The van der Waals surface area contributed by atoms with Crippen molar-refractivity contribution in [2.45, 2.75) is 20.3 Å². The van der Waals surface area contributed by atoms with Crippen LogP contribution >= 0.6 is 0 Å². The zero-order valence-electron chi connectivity index (χ0n) is 5.14. The summed E-state index contributed by atoms with van der Waals surface area (Å²) in [5.41, 5.74) is 2.90. The Kier molecular flexibility index (Phi) is 1.67. The predicted octanol–water partition coefficient (Wildman–Crippen LogP) is 2.16. The van der Waals surface area contributed by atoms with Crippen LogP contribution in [0, 0.1) is 0 Å². The van der Waals surface area contributed by atoms with Crippen LogP contribution in [0.25, 0.3) is 0 Å². The van der Waals surface area contributed by atoms with E-state index in [1.165, 1.54) is 15.3 Å². The van der Waals surface area contributed by atoms with E-state index >= 15 is 0 Å². The molecule has 0 aromatic rings. The molecule has 0 aliphatic heterocycles. The van der Waals surface area contributed by atoms with Crippen LogP contribution in [0.3, 0.4) is 0 Å². The Balaban J connectivity index is 2.88. The van der Waals surface area contributed by atoms with Crippen molar-refractivity contribution in [2.75, 3.05) is 0 Å². The Bertz CT molecular complexity index is 158. The van der Waals surface area contributed by atoms with Crippen molar-refractivity contribution in [3.8, 4) is 0 Å². The predicted molar refractivity (Wildman–Crippen MR) is 31.1 cm³/mol. The van der Waals surface area contributed by atoms with E-state index in [1.54, 1.807) is 0 Å². The molecule has 0 aromatic carbocycles. The first-order valence-corrected chi connectivity index (χ1v) is 3.60. The third-order valence-electron chi connectivity index (χ3n) is 1.57. The standard InChI is InChI=1S/C7H9.Ru/c1-6-4-3-5-7(6)2;/h4H,3H2,1-2H3;. The molecule has 0 radical (unpaired) electrons. The number of rotatable bonds is 0. The molecule has 1 aliphatic rings.